The van der Waals surface area contributed by atoms with Crippen molar-refractivity contribution in [2.45, 2.75) is 63.5 Å². The summed E-state index contributed by atoms with van der Waals surface area (Å²) in [6.07, 6.45) is 9.76. The smallest absolute Gasteiger partial charge is 0.237 e. The van der Waals surface area contributed by atoms with Gasteiger partial charge in [-0.1, -0.05) is 25.7 Å². The van der Waals surface area contributed by atoms with Gasteiger partial charge in [-0.2, -0.15) is 0 Å². The second-order valence-electron chi connectivity index (χ2n) is 4.85. The highest BCUT2D eigenvalue weighted by Gasteiger charge is 2.24. The van der Waals surface area contributed by atoms with E-state index in [-0.39, 0.29) is 11.9 Å². The quantitative estimate of drug-likeness (QED) is 0.679. The van der Waals surface area contributed by atoms with Gasteiger partial charge < -0.3 is 10.6 Å². The van der Waals surface area contributed by atoms with Crippen molar-refractivity contribution in [1.82, 2.24) is 10.6 Å². The lowest BCUT2D eigenvalue weighted by Crippen LogP contribution is -2.45. The summed E-state index contributed by atoms with van der Waals surface area (Å²) in [6, 6.07) is 0.538. The molecule has 0 aromatic carbocycles. The molecule has 1 saturated carbocycles. The lowest BCUT2D eigenvalue weighted by Gasteiger charge is -2.19. The van der Waals surface area contributed by atoms with Gasteiger partial charge in [-0.25, -0.2) is 0 Å². The summed E-state index contributed by atoms with van der Waals surface area (Å²) in [4.78, 5) is 11.9. The molecule has 86 valence electrons. The van der Waals surface area contributed by atoms with E-state index in [9.17, 15) is 4.79 Å². The van der Waals surface area contributed by atoms with Crippen LogP contribution in [0.5, 0.6) is 0 Å². The van der Waals surface area contributed by atoms with Crippen LogP contribution in [-0.4, -0.2) is 24.5 Å². The molecule has 1 saturated heterocycles. The minimum atomic E-state index is 0.0910. The summed E-state index contributed by atoms with van der Waals surface area (Å²) in [5.41, 5.74) is 0. The Hall–Kier alpha value is -0.570. The molecule has 15 heavy (non-hydrogen) atoms. The van der Waals surface area contributed by atoms with E-state index in [2.05, 4.69) is 10.6 Å². The molecule has 0 unspecified atom stereocenters. The van der Waals surface area contributed by atoms with Crippen molar-refractivity contribution in [2.24, 2.45) is 0 Å². The van der Waals surface area contributed by atoms with Gasteiger partial charge in [0.1, 0.15) is 0 Å². The second kappa shape index (κ2) is 5.50. The molecule has 1 amide bonds. The van der Waals surface area contributed by atoms with Crippen LogP contribution in [0.4, 0.5) is 0 Å². The molecule has 2 N–H and O–H groups in total. The number of hydrogen-bond donors (Lipinski definition) is 2. The van der Waals surface area contributed by atoms with Gasteiger partial charge in [0.25, 0.3) is 0 Å². The first-order valence-electron chi connectivity index (χ1n) is 6.40. The molecule has 0 radical (unpaired) electrons. The largest absolute Gasteiger partial charge is 0.352 e. The highest BCUT2D eigenvalue weighted by molar-refractivity contribution is 5.82. The summed E-state index contributed by atoms with van der Waals surface area (Å²) < 4.78 is 0. The number of amides is 1. The van der Waals surface area contributed by atoms with Crippen molar-refractivity contribution in [3.05, 3.63) is 0 Å². The summed E-state index contributed by atoms with van der Waals surface area (Å²) in [5, 5.41) is 6.45. The van der Waals surface area contributed by atoms with Crippen molar-refractivity contribution in [2.75, 3.05) is 6.54 Å². The summed E-state index contributed by atoms with van der Waals surface area (Å²) in [5.74, 6) is 0.236. The van der Waals surface area contributed by atoms with Crippen LogP contribution >= 0.6 is 0 Å². The first-order chi connectivity index (χ1) is 7.36. The zero-order chi connectivity index (χ0) is 10.5. The summed E-state index contributed by atoms with van der Waals surface area (Å²) in [6.45, 7) is 1.00. The molecule has 2 rings (SSSR count). The van der Waals surface area contributed by atoms with Crippen LogP contribution < -0.4 is 10.6 Å². The third-order valence-corrected chi connectivity index (χ3v) is 3.58. The molecule has 2 fully saturated rings. The maximum absolute atomic E-state index is 11.9. The first kappa shape index (κ1) is 10.9. The lowest BCUT2D eigenvalue weighted by atomic mass is 10.1. The van der Waals surface area contributed by atoms with Crippen LogP contribution in [0.1, 0.15) is 51.4 Å². The number of rotatable bonds is 2. The highest BCUT2D eigenvalue weighted by atomic mass is 16.2. The topological polar surface area (TPSA) is 41.1 Å². The SMILES string of the molecule is O=C(NC1CCCCCC1)[C@@H]1CCCN1. The molecule has 0 bridgehead atoms. The van der Waals surface area contributed by atoms with Crippen LogP contribution in [0, 0.1) is 0 Å². The fraction of sp³-hybridized carbons (Fsp3) is 0.917. The van der Waals surface area contributed by atoms with E-state index in [1.165, 1.54) is 38.5 Å². The highest BCUT2D eigenvalue weighted by Crippen LogP contribution is 2.17. The fourth-order valence-electron chi connectivity index (χ4n) is 2.63. The monoisotopic (exact) mass is 210 g/mol. The van der Waals surface area contributed by atoms with Crippen LogP contribution in [0.15, 0.2) is 0 Å². The molecule has 3 nitrogen and oxygen atoms in total. The predicted octanol–water partition coefficient (Wildman–Crippen LogP) is 1.58. The Morgan fingerprint density at radius 3 is 2.33 bits per heavy atom. The minimum absolute atomic E-state index is 0.0910. The summed E-state index contributed by atoms with van der Waals surface area (Å²) in [7, 11) is 0. The van der Waals surface area contributed by atoms with Crippen LogP contribution in [-0.2, 0) is 4.79 Å². The molecule has 1 heterocycles. The first-order valence-corrected chi connectivity index (χ1v) is 6.40. The zero-order valence-electron chi connectivity index (χ0n) is 9.43. The maximum atomic E-state index is 11.9. The Morgan fingerprint density at radius 1 is 1.00 bits per heavy atom. The van der Waals surface area contributed by atoms with E-state index in [0.717, 1.165) is 19.4 Å². The lowest BCUT2D eigenvalue weighted by molar-refractivity contribution is -0.123. The van der Waals surface area contributed by atoms with E-state index in [4.69, 9.17) is 0 Å². The van der Waals surface area contributed by atoms with Gasteiger partial charge in [0.15, 0.2) is 0 Å². The van der Waals surface area contributed by atoms with Gasteiger partial charge in [0.05, 0.1) is 6.04 Å². The van der Waals surface area contributed by atoms with Crippen molar-refractivity contribution < 1.29 is 4.79 Å². The van der Waals surface area contributed by atoms with Crippen LogP contribution in [0.3, 0.4) is 0 Å². The van der Waals surface area contributed by atoms with E-state index in [1.54, 1.807) is 0 Å². The average Bonchev–Trinajstić information content (AvgIpc) is 2.65. The van der Waals surface area contributed by atoms with Gasteiger partial charge in [-0.15, -0.1) is 0 Å². The van der Waals surface area contributed by atoms with Gasteiger partial charge >= 0.3 is 0 Å². The molecule has 0 aromatic heterocycles. The molecule has 2 aliphatic rings. The Labute approximate surface area is 92.0 Å². The molecular formula is C12H22N2O. The third-order valence-electron chi connectivity index (χ3n) is 3.58. The second-order valence-corrected chi connectivity index (χ2v) is 4.85. The standard InChI is InChI=1S/C12H22N2O/c15-12(11-8-5-9-13-11)14-10-6-3-1-2-4-7-10/h10-11,13H,1-9H2,(H,14,15)/t11-/m0/s1. The van der Waals surface area contributed by atoms with Crippen molar-refractivity contribution >= 4 is 5.91 Å². The average molecular weight is 210 g/mol. The Bertz CT molecular complexity index is 204. The maximum Gasteiger partial charge on any atom is 0.237 e. The molecule has 0 aromatic rings. The normalized spacial score (nSPS) is 28.7. The molecule has 3 heteroatoms. The van der Waals surface area contributed by atoms with Crippen LogP contribution in [0.25, 0.3) is 0 Å². The Morgan fingerprint density at radius 2 is 1.73 bits per heavy atom. The predicted molar refractivity (Wildman–Crippen MR) is 60.7 cm³/mol. The summed E-state index contributed by atoms with van der Waals surface area (Å²) >= 11 is 0. The molecule has 1 aliphatic heterocycles. The molecule has 0 spiro atoms. The van der Waals surface area contributed by atoms with Crippen molar-refractivity contribution in [1.29, 1.82) is 0 Å². The van der Waals surface area contributed by atoms with Crippen LogP contribution in [0.2, 0.25) is 0 Å². The Balaban J connectivity index is 1.76. The van der Waals surface area contributed by atoms with E-state index >= 15 is 0 Å². The number of hydrogen-bond acceptors (Lipinski definition) is 2. The van der Waals surface area contributed by atoms with Gasteiger partial charge in [0, 0.05) is 6.04 Å². The molecule has 1 atom stereocenters. The molecule has 1 aliphatic carbocycles. The van der Waals surface area contributed by atoms with Gasteiger partial charge in [-0.3, -0.25) is 4.79 Å². The van der Waals surface area contributed by atoms with Gasteiger partial charge in [0.2, 0.25) is 5.91 Å². The van der Waals surface area contributed by atoms with Gasteiger partial charge in [-0.05, 0) is 32.2 Å². The van der Waals surface area contributed by atoms with E-state index in [0.29, 0.717) is 6.04 Å². The van der Waals surface area contributed by atoms with Crippen molar-refractivity contribution in [3.8, 4) is 0 Å². The number of nitrogens with one attached hydrogen (secondary N) is 2. The fourth-order valence-corrected chi connectivity index (χ4v) is 2.63. The zero-order valence-corrected chi connectivity index (χ0v) is 9.43. The van der Waals surface area contributed by atoms with E-state index < -0.39 is 0 Å². The third kappa shape index (κ3) is 3.20. The molecular weight excluding hydrogens is 188 g/mol. The number of carbonyl (C=O) groups is 1. The minimum Gasteiger partial charge on any atom is -0.352 e. The number of carbonyl (C=O) groups excluding carboxylic acids is 1. The Kier molecular flexibility index (Phi) is 4.01. The van der Waals surface area contributed by atoms with E-state index in [1.807, 2.05) is 0 Å². The van der Waals surface area contributed by atoms with Crippen molar-refractivity contribution in [3.63, 3.8) is 0 Å².